The summed E-state index contributed by atoms with van der Waals surface area (Å²) in [6.07, 6.45) is 1.04. The van der Waals surface area contributed by atoms with Crippen LogP contribution in [0.1, 0.15) is 42.1 Å². The fourth-order valence-electron chi connectivity index (χ4n) is 3.34. The highest BCUT2D eigenvalue weighted by atomic mass is 35.5. The number of carbonyl (C=O) groups excluding carboxylic acids is 1. The molecule has 0 bridgehead atoms. The van der Waals surface area contributed by atoms with Gasteiger partial charge >= 0.3 is 0 Å². The lowest BCUT2D eigenvalue weighted by molar-refractivity contribution is -0.384. The molecule has 1 amide bonds. The predicted octanol–water partition coefficient (Wildman–Crippen LogP) is 6.82. The van der Waals surface area contributed by atoms with Crippen molar-refractivity contribution in [2.24, 2.45) is 0 Å². The highest BCUT2D eigenvalue weighted by Crippen LogP contribution is 2.29. The Morgan fingerprint density at radius 2 is 2.00 bits per heavy atom. The molecule has 0 spiro atoms. The second-order valence-electron chi connectivity index (χ2n) is 7.51. The van der Waals surface area contributed by atoms with E-state index >= 15 is 0 Å². The summed E-state index contributed by atoms with van der Waals surface area (Å²) in [4.78, 5) is 27.5. The van der Waals surface area contributed by atoms with Crippen molar-refractivity contribution in [3.63, 3.8) is 0 Å². The van der Waals surface area contributed by atoms with Crippen LogP contribution in [0.2, 0.25) is 5.02 Å². The maximum atomic E-state index is 12.6. The van der Waals surface area contributed by atoms with E-state index in [9.17, 15) is 14.9 Å². The minimum Gasteiger partial charge on any atom is -0.436 e. The number of nitrogens with zero attached hydrogens (tertiary/aromatic N) is 2. The third kappa shape index (κ3) is 4.33. The second-order valence-corrected chi connectivity index (χ2v) is 7.92. The SMILES string of the molecule is CC[C@@H](C)c1ccc2oc(-c3cccc(NC(=O)c4ccc([N+](=O)[O-])cc4Cl)c3)nc2c1. The number of hydrogen-bond acceptors (Lipinski definition) is 5. The molecule has 0 unspecified atom stereocenters. The number of oxazole rings is 1. The number of halogens is 1. The number of nitro groups is 1. The van der Waals surface area contributed by atoms with E-state index in [0.29, 0.717) is 28.6 Å². The molecule has 0 saturated heterocycles. The monoisotopic (exact) mass is 449 g/mol. The summed E-state index contributed by atoms with van der Waals surface area (Å²) in [5.41, 5.74) is 3.87. The van der Waals surface area contributed by atoms with Crippen molar-refractivity contribution in [3.8, 4) is 11.5 Å². The van der Waals surface area contributed by atoms with Gasteiger partial charge in [0.25, 0.3) is 11.6 Å². The summed E-state index contributed by atoms with van der Waals surface area (Å²) in [7, 11) is 0. The largest absolute Gasteiger partial charge is 0.436 e. The number of anilines is 1. The number of carbonyl (C=O) groups is 1. The van der Waals surface area contributed by atoms with Crippen LogP contribution >= 0.6 is 11.6 Å². The number of amides is 1. The smallest absolute Gasteiger partial charge is 0.270 e. The Morgan fingerprint density at radius 3 is 2.72 bits per heavy atom. The Labute approximate surface area is 189 Å². The summed E-state index contributed by atoms with van der Waals surface area (Å²) >= 11 is 6.06. The first-order chi connectivity index (χ1) is 15.4. The lowest BCUT2D eigenvalue weighted by Crippen LogP contribution is -2.12. The van der Waals surface area contributed by atoms with Gasteiger partial charge in [-0.25, -0.2) is 4.98 Å². The molecule has 7 nitrogen and oxygen atoms in total. The van der Waals surface area contributed by atoms with E-state index < -0.39 is 10.8 Å². The van der Waals surface area contributed by atoms with Crippen LogP contribution in [0.4, 0.5) is 11.4 Å². The molecule has 3 aromatic carbocycles. The Kier molecular flexibility index (Phi) is 5.92. The third-order valence-corrected chi connectivity index (χ3v) is 5.68. The van der Waals surface area contributed by atoms with Gasteiger partial charge in [-0.05, 0) is 54.3 Å². The standard InChI is InChI=1S/C24H20ClN3O4/c1-3-14(2)15-7-10-22-21(12-15)27-24(32-22)16-5-4-6-17(11-16)26-23(29)19-9-8-18(28(30)31)13-20(19)25/h4-14H,3H2,1-2H3,(H,26,29)/t14-/m1/s1. The van der Waals surface area contributed by atoms with Crippen LogP contribution in [-0.4, -0.2) is 15.8 Å². The molecule has 0 aliphatic carbocycles. The number of non-ortho nitro benzene ring substituents is 1. The van der Waals surface area contributed by atoms with Crippen molar-refractivity contribution < 1.29 is 14.1 Å². The number of benzene rings is 3. The number of hydrogen-bond donors (Lipinski definition) is 1. The summed E-state index contributed by atoms with van der Waals surface area (Å²) in [6.45, 7) is 4.32. The summed E-state index contributed by atoms with van der Waals surface area (Å²) in [5.74, 6) is 0.410. The van der Waals surface area contributed by atoms with Crippen LogP contribution in [0.15, 0.2) is 65.1 Å². The van der Waals surface area contributed by atoms with Gasteiger partial charge in [-0.1, -0.05) is 37.6 Å². The van der Waals surface area contributed by atoms with E-state index in [1.54, 1.807) is 18.2 Å². The molecule has 162 valence electrons. The van der Waals surface area contributed by atoms with Crippen LogP contribution in [0, 0.1) is 10.1 Å². The number of nitro benzene ring substituents is 1. The van der Waals surface area contributed by atoms with Gasteiger partial charge in [0.1, 0.15) is 5.52 Å². The average Bonchev–Trinajstić information content (AvgIpc) is 3.22. The number of rotatable bonds is 6. The molecular weight excluding hydrogens is 430 g/mol. The lowest BCUT2D eigenvalue weighted by atomic mass is 9.98. The molecular formula is C24H20ClN3O4. The molecule has 32 heavy (non-hydrogen) atoms. The minimum atomic E-state index is -0.566. The maximum Gasteiger partial charge on any atom is 0.270 e. The van der Waals surface area contributed by atoms with E-state index in [4.69, 9.17) is 16.0 Å². The summed E-state index contributed by atoms with van der Waals surface area (Å²) < 4.78 is 5.91. The second kappa shape index (κ2) is 8.80. The zero-order valence-corrected chi connectivity index (χ0v) is 18.2. The Hall–Kier alpha value is -3.71. The molecule has 1 heterocycles. The molecule has 0 radical (unpaired) electrons. The minimum absolute atomic E-state index is 0.00363. The molecule has 1 aromatic heterocycles. The summed E-state index contributed by atoms with van der Waals surface area (Å²) in [6, 6.07) is 16.8. The molecule has 8 heteroatoms. The first-order valence-corrected chi connectivity index (χ1v) is 10.5. The molecule has 4 aromatic rings. The highest BCUT2D eigenvalue weighted by molar-refractivity contribution is 6.34. The van der Waals surface area contributed by atoms with Gasteiger partial charge in [0.2, 0.25) is 5.89 Å². The molecule has 0 fully saturated rings. The lowest BCUT2D eigenvalue weighted by Gasteiger charge is -2.07. The van der Waals surface area contributed by atoms with Crippen LogP contribution in [0.3, 0.4) is 0 Å². The van der Waals surface area contributed by atoms with E-state index in [2.05, 4.69) is 30.2 Å². The Morgan fingerprint density at radius 1 is 1.19 bits per heavy atom. The van der Waals surface area contributed by atoms with E-state index in [1.165, 1.54) is 17.7 Å². The van der Waals surface area contributed by atoms with E-state index in [0.717, 1.165) is 18.0 Å². The van der Waals surface area contributed by atoms with Gasteiger partial charge in [0.15, 0.2) is 5.58 Å². The van der Waals surface area contributed by atoms with Gasteiger partial charge in [0, 0.05) is 23.4 Å². The van der Waals surface area contributed by atoms with Crippen molar-refractivity contribution in [2.75, 3.05) is 5.32 Å². The first-order valence-electron chi connectivity index (χ1n) is 10.1. The van der Waals surface area contributed by atoms with Crippen LogP contribution < -0.4 is 5.32 Å². The zero-order chi connectivity index (χ0) is 22.8. The molecule has 0 aliphatic heterocycles. The van der Waals surface area contributed by atoms with Gasteiger partial charge in [-0.2, -0.15) is 0 Å². The van der Waals surface area contributed by atoms with Crippen molar-refractivity contribution >= 4 is 40.0 Å². The van der Waals surface area contributed by atoms with Crippen molar-refractivity contribution in [1.29, 1.82) is 0 Å². The average molecular weight is 450 g/mol. The van der Waals surface area contributed by atoms with Crippen LogP contribution in [-0.2, 0) is 0 Å². The van der Waals surface area contributed by atoms with Gasteiger partial charge < -0.3 is 9.73 Å². The molecule has 0 saturated carbocycles. The molecule has 1 atom stereocenters. The van der Waals surface area contributed by atoms with Crippen molar-refractivity contribution in [2.45, 2.75) is 26.2 Å². The highest BCUT2D eigenvalue weighted by Gasteiger charge is 2.16. The molecule has 0 aliphatic rings. The quantitative estimate of drug-likeness (QED) is 0.257. The Bertz CT molecular complexity index is 1330. The predicted molar refractivity (Wildman–Crippen MR) is 124 cm³/mol. The fourth-order valence-corrected chi connectivity index (χ4v) is 3.60. The van der Waals surface area contributed by atoms with E-state index in [1.807, 2.05) is 18.2 Å². The Balaban J connectivity index is 1.58. The van der Waals surface area contributed by atoms with Gasteiger partial charge in [0.05, 0.1) is 15.5 Å². The summed E-state index contributed by atoms with van der Waals surface area (Å²) in [5, 5.41) is 13.6. The number of nitrogens with one attached hydrogen (secondary N) is 1. The van der Waals surface area contributed by atoms with Crippen molar-refractivity contribution in [1.82, 2.24) is 4.98 Å². The normalized spacial score (nSPS) is 12.0. The van der Waals surface area contributed by atoms with Gasteiger partial charge in [-0.15, -0.1) is 0 Å². The fraction of sp³-hybridized carbons (Fsp3) is 0.167. The number of aromatic nitrogens is 1. The van der Waals surface area contributed by atoms with Crippen LogP contribution in [0.25, 0.3) is 22.6 Å². The first kappa shape index (κ1) is 21.5. The topological polar surface area (TPSA) is 98.3 Å². The molecule has 4 rings (SSSR count). The third-order valence-electron chi connectivity index (χ3n) is 5.37. The van der Waals surface area contributed by atoms with Crippen LogP contribution in [0.5, 0.6) is 0 Å². The maximum absolute atomic E-state index is 12.6. The molecule has 1 N–H and O–H groups in total. The zero-order valence-electron chi connectivity index (χ0n) is 17.5. The van der Waals surface area contributed by atoms with E-state index in [-0.39, 0.29) is 16.3 Å². The van der Waals surface area contributed by atoms with Crippen molar-refractivity contribution in [3.05, 3.63) is 86.9 Å². The number of fused-ring (bicyclic) bond motifs is 1. The van der Waals surface area contributed by atoms with Gasteiger partial charge in [-0.3, -0.25) is 14.9 Å².